The van der Waals surface area contributed by atoms with Crippen molar-refractivity contribution in [3.05, 3.63) is 42.4 Å². The van der Waals surface area contributed by atoms with Crippen molar-refractivity contribution in [2.24, 2.45) is 5.73 Å². The first-order chi connectivity index (χ1) is 10.2. The lowest BCUT2D eigenvalue weighted by Gasteiger charge is -2.17. The quantitative estimate of drug-likeness (QED) is 0.783. The molecule has 0 atom stereocenters. The van der Waals surface area contributed by atoms with Gasteiger partial charge in [0.2, 0.25) is 0 Å². The Morgan fingerprint density at radius 3 is 2.73 bits per heavy atom. The number of aromatic nitrogens is 3. The molecule has 1 aromatic carbocycles. The highest BCUT2D eigenvalue weighted by Gasteiger charge is 2.36. The highest BCUT2D eigenvalue weighted by molar-refractivity contribution is 5.85. The van der Waals surface area contributed by atoms with Crippen LogP contribution in [0.3, 0.4) is 0 Å². The maximum Gasteiger partial charge on any atom is 0.259 e. The number of fused-ring (bicyclic) bond motifs is 1. The van der Waals surface area contributed by atoms with E-state index in [1.165, 1.54) is 0 Å². The molecule has 1 aliphatic rings. The van der Waals surface area contributed by atoms with Gasteiger partial charge in [-0.2, -0.15) is 4.98 Å². The summed E-state index contributed by atoms with van der Waals surface area (Å²) >= 11 is 0. The molecule has 0 unspecified atom stereocenters. The molecule has 22 heavy (non-hydrogen) atoms. The summed E-state index contributed by atoms with van der Waals surface area (Å²) in [5.74, 6) is 1.10. The number of hydrogen-bond acceptors (Lipinski definition) is 5. The van der Waals surface area contributed by atoms with Crippen LogP contribution in [0.4, 0.5) is 0 Å². The fraction of sp³-hybridized carbons (Fsp3) is 0.312. The largest absolute Gasteiger partial charge is 0.334 e. The monoisotopic (exact) mass is 316 g/mol. The molecule has 1 saturated carbocycles. The van der Waals surface area contributed by atoms with Gasteiger partial charge in [-0.15, -0.1) is 12.4 Å². The van der Waals surface area contributed by atoms with Gasteiger partial charge in [0.1, 0.15) is 0 Å². The molecule has 2 aromatic heterocycles. The maximum atomic E-state index is 6.36. The first kappa shape index (κ1) is 14.9. The minimum atomic E-state index is -0.425. The SMILES string of the molecule is Cl.NC1(c2noc(-c3cnc4ccccc4c3)n2)CCCC1. The third-order valence-electron chi connectivity index (χ3n) is 4.20. The molecule has 4 rings (SSSR count). The van der Waals surface area contributed by atoms with Gasteiger partial charge in [-0.3, -0.25) is 4.98 Å². The smallest absolute Gasteiger partial charge is 0.259 e. The van der Waals surface area contributed by atoms with Gasteiger partial charge in [0, 0.05) is 11.6 Å². The van der Waals surface area contributed by atoms with E-state index in [-0.39, 0.29) is 12.4 Å². The average molecular weight is 317 g/mol. The van der Waals surface area contributed by atoms with Crippen LogP contribution in [0.2, 0.25) is 0 Å². The second kappa shape index (κ2) is 5.66. The standard InChI is InChI=1S/C16H16N4O.ClH/c17-16(7-3-4-8-16)15-19-14(21-20-15)12-9-11-5-1-2-6-13(11)18-10-12;/h1-2,5-6,9-10H,3-4,7-8,17H2;1H. The first-order valence-corrected chi connectivity index (χ1v) is 7.23. The Labute approximate surface area is 134 Å². The van der Waals surface area contributed by atoms with Crippen LogP contribution in [0, 0.1) is 0 Å². The summed E-state index contributed by atoms with van der Waals surface area (Å²) < 4.78 is 5.40. The van der Waals surface area contributed by atoms with E-state index in [1.54, 1.807) is 6.20 Å². The number of halogens is 1. The van der Waals surface area contributed by atoms with Crippen LogP contribution < -0.4 is 5.73 Å². The molecule has 1 fully saturated rings. The topological polar surface area (TPSA) is 77.8 Å². The average Bonchev–Trinajstić information content (AvgIpc) is 3.17. The second-order valence-corrected chi connectivity index (χ2v) is 5.70. The van der Waals surface area contributed by atoms with Crippen molar-refractivity contribution < 1.29 is 4.52 Å². The van der Waals surface area contributed by atoms with Crippen LogP contribution in [0.15, 0.2) is 41.1 Å². The number of hydrogen-bond donors (Lipinski definition) is 1. The normalized spacial score (nSPS) is 16.6. The number of rotatable bonds is 2. The third-order valence-corrected chi connectivity index (χ3v) is 4.20. The Balaban J connectivity index is 0.00000144. The highest BCUT2D eigenvalue weighted by Crippen LogP contribution is 2.35. The van der Waals surface area contributed by atoms with Crippen molar-refractivity contribution >= 4 is 23.3 Å². The van der Waals surface area contributed by atoms with Gasteiger partial charge in [-0.25, -0.2) is 0 Å². The fourth-order valence-electron chi connectivity index (χ4n) is 2.96. The molecular weight excluding hydrogens is 300 g/mol. The van der Waals surface area contributed by atoms with Gasteiger partial charge in [-0.05, 0) is 25.0 Å². The van der Waals surface area contributed by atoms with Crippen LogP contribution in [-0.4, -0.2) is 15.1 Å². The van der Waals surface area contributed by atoms with Gasteiger partial charge in [0.15, 0.2) is 5.82 Å². The van der Waals surface area contributed by atoms with Crippen LogP contribution in [0.5, 0.6) is 0 Å². The molecule has 0 bridgehead atoms. The molecular formula is C16H17ClN4O. The van der Waals surface area contributed by atoms with Crippen LogP contribution >= 0.6 is 12.4 Å². The lowest BCUT2D eigenvalue weighted by atomic mass is 9.99. The van der Waals surface area contributed by atoms with E-state index in [0.29, 0.717) is 11.7 Å². The van der Waals surface area contributed by atoms with E-state index < -0.39 is 5.54 Å². The molecule has 0 amide bonds. The molecule has 0 aliphatic heterocycles. The molecule has 3 aromatic rings. The molecule has 0 saturated heterocycles. The predicted molar refractivity (Wildman–Crippen MR) is 86.6 cm³/mol. The lowest BCUT2D eigenvalue weighted by molar-refractivity contribution is 0.372. The van der Waals surface area contributed by atoms with E-state index in [2.05, 4.69) is 15.1 Å². The van der Waals surface area contributed by atoms with Crippen molar-refractivity contribution in [3.8, 4) is 11.5 Å². The van der Waals surface area contributed by atoms with Gasteiger partial charge in [-0.1, -0.05) is 36.2 Å². The first-order valence-electron chi connectivity index (χ1n) is 7.23. The second-order valence-electron chi connectivity index (χ2n) is 5.70. The van der Waals surface area contributed by atoms with E-state index in [1.807, 2.05) is 30.3 Å². The Morgan fingerprint density at radius 1 is 1.14 bits per heavy atom. The summed E-state index contributed by atoms with van der Waals surface area (Å²) in [6.07, 6.45) is 5.84. The summed E-state index contributed by atoms with van der Waals surface area (Å²) in [5.41, 5.74) is 7.72. The zero-order valence-corrected chi connectivity index (χ0v) is 12.8. The Kier molecular flexibility index (Phi) is 3.85. The lowest BCUT2D eigenvalue weighted by Crippen LogP contribution is -2.34. The maximum absolute atomic E-state index is 6.36. The molecule has 2 N–H and O–H groups in total. The minimum absolute atomic E-state index is 0. The fourth-order valence-corrected chi connectivity index (χ4v) is 2.96. The van der Waals surface area contributed by atoms with E-state index >= 15 is 0 Å². The summed E-state index contributed by atoms with van der Waals surface area (Å²) in [5, 5.41) is 5.14. The van der Waals surface area contributed by atoms with Crippen molar-refractivity contribution in [2.45, 2.75) is 31.2 Å². The van der Waals surface area contributed by atoms with Crippen molar-refractivity contribution in [2.75, 3.05) is 0 Å². The molecule has 0 radical (unpaired) electrons. The number of nitrogens with zero attached hydrogens (tertiary/aromatic N) is 3. The van der Waals surface area contributed by atoms with E-state index in [4.69, 9.17) is 10.3 Å². The Bertz CT molecular complexity index is 795. The van der Waals surface area contributed by atoms with Crippen LogP contribution in [0.1, 0.15) is 31.5 Å². The summed E-state index contributed by atoms with van der Waals surface area (Å²) in [7, 11) is 0. The Morgan fingerprint density at radius 2 is 1.91 bits per heavy atom. The zero-order chi connectivity index (χ0) is 14.3. The summed E-state index contributed by atoms with van der Waals surface area (Å²) in [6, 6.07) is 9.96. The number of benzene rings is 1. The summed E-state index contributed by atoms with van der Waals surface area (Å²) in [4.78, 5) is 8.92. The molecule has 2 heterocycles. The van der Waals surface area contributed by atoms with Crippen molar-refractivity contribution in [1.29, 1.82) is 0 Å². The molecule has 5 nitrogen and oxygen atoms in total. The number of para-hydroxylation sites is 1. The van der Waals surface area contributed by atoms with Crippen LogP contribution in [0.25, 0.3) is 22.4 Å². The predicted octanol–water partition coefficient (Wildman–Crippen LogP) is 3.43. The molecule has 6 heteroatoms. The summed E-state index contributed by atoms with van der Waals surface area (Å²) in [6.45, 7) is 0. The number of nitrogens with two attached hydrogens (primary N) is 1. The van der Waals surface area contributed by atoms with E-state index in [9.17, 15) is 0 Å². The highest BCUT2D eigenvalue weighted by atomic mass is 35.5. The third kappa shape index (κ3) is 2.46. The van der Waals surface area contributed by atoms with Gasteiger partial charge < -0.3 is 10.3 Å². The van der Waals surface area contributed by atoms with Crippen molar-refractivity contribution in [1.82, 2.24) is 15.1 Å². The minimum Gasteiger partial charge on any atom is -0.334 e. The molecule has 0 spiro atoms. The zero-order valence-electron chi connectivity index (χ0n) is 12.0. The van der Waals surface area contributed by atoms with E-state index in [0.717, 1.165) is 42.1 Å². The molecule has 1 aliphatic carbocycles. The number of pyridine rings is 1. The van der Waals surface area contributed by atoms with Crippen molar-refractivity contribution in [3.63, 3.8) is 0 Å². The van der Waals surface area contributed by atoms with Gasteiger partial charge in [0.05, 0.1) is 16.6 Å². The van der Waals surface area contributed by atoms with Crippen LogP contribution in [-0.2, 0) is 5.54 Å². The molecule has 114 valence electrons. The van der Waals surface area contributed by atoms with Gasteiger partial charge in [0.25, 0.3) is 5.89 Å². The van der Waals surface area contributed by atoms with Gasteiger partial charge >= 0.3 is 0 Å². The Hall–Kier alpha value is -1.98.